The molecular weight excluding hydrogens is 464 g/mol. The van der Waals surface area contributed by atoms with Gasteiger partial charge in [0.05, 0.1) is 17.3 Å². The Balaban J connectivity index is 1.14. The van der Waals surface area contributed by atoms with Crippen LogP contribution in [0.15, 0.2) is 34.2 Å². The fraction of sp³-hybridized carbons (Fsp3) is 0.542. The molecule has 0 saturated heterocycles. The van der Waals surface area contributed by atoms with Gasteiger partial charge in [0.2, 0.25) is 5.91 Å². The second-order valence-corrected chi connectivity index (χ2v) is 10.6. The zero-order valence-electron chi connectivity index (χ0n) is 18.3. The number of carbonyl (C=O) groups excluding carboxylic acids is 2. The number of halogens is 1. The molecule has 3 N–H and O–H groups in total. The zero-order chi connectivity index (χ0) is 23.4. The number of carboxylic acid groups (broad SMARTS) is 1. The van der Waals surface area contributed by atoms with Gasteiger partial charge in [0, 0.05) is 35.0 Å². The normalized spacial score (nSPS) is 24.9. The number of amides is 2. The van der Waals surface area contributed by atoms with Crippen LogP contribution in [0.2, 0.25) is 0 Å². The van der Waals surface area contributed by atoms with Crippen molar-refractivity contribution in [2.24, 2.45) is 11.8 Å². The van der Waals surface area contributed by atoms with Gasteiger partial charge in [0.25, 0.3) is 5.91 Å². The van der Waals surface area contributed by atoms with E-state index in [-0.39, 0.29) is 29.1 Å². The Hall–Kier alpha value is -2.19. The summed E-state index contributed by atoms with van der Waals surface area (Å²) in [6.07, 6.45) is 5.62. The maximum atomic E-state index is 12.4. The number of aliphatic carboxylic acids is 1. The van der Waals surface area contributed by atoms with E-state index in [9.17, 15) is 14.4 Å². The molecule has 0 aromatic heterocycles. The second-order valence-electron chi connectivity index (χ2n) is 8.86. The van der Waals surface area contributed by atoms with Crippen molar-refractivity contribution in [3.05, 3.63) is 39.8 Å². The third-order valence-corrected chi connectivity index (χ3v) is 8.26. The van der Waals surface area contributed by atoms with E-state index in [2.05, 4.69) is 10.6 Å². The van der Waals surface area contributed by atoms with E-state index in [1.165, 1.54) is 17.7 Å². The van der Waals surface area contributed by atoms with Gasteiger partial charge in [-0.25, -0.2) is 0 Å². The molecule has 178 valence electrons. The highest BCUT2D eigenvalue weighted by atomic mass is 35.5. The Morgan fingerprint density at radius 1 is 1.00 bits per heavy atom. The Morgan fingerprint density at radius 2 is 1.67 bits per heavy atom. The summed E-state index contributed by atoms with van der Waals surface area (Å²) < 4.78 is 5.94. The minimum Gasteiger partial charge on any atom is -0.490 e. The van der Waals surface area contributed by atoms with Crippen molar-refractivity contribution < 1.29 is 24.2 Å². The highest BCUT2D eigenvalue weighted by Crippen LogP contribution is 2.51. The predicted octanol–water partition coefficient (Wildman–Crippen LogP) is 3.92. The van der Waals surface area contributed by atoms with Crippen LogP contribution < -0.4 is 15.4 Å². The number of rotatable bonds is 9. The molecule has 4 rings (SSSR count). The lowest BCUT2D eigenvalue weighted by molar-refractivity contribution is -0.143. The van der Waals surface area contributed by atoms with Gasteiger partial charge in [-0.3, -0.25) is 14.4 Å². The molecule has 1 aliphatic heterocycles. The van der Waals surface area contributed by atoms with Crippen molar-refractivity contribution in [2.45, 2.75) is 56.3 Å². The lowest BCUT2D eigenvalue weighted by Crippen LogP contribution is -2.38. The molecule has 1 atom stereocenters. The van der Waals surface area contributed by atoms with Crippen molar-refractivity contribution in [2.75, 3.05) is 13.1 Å². The Labute approximate surface area is 202 Å². The van der Waals surface area contributed by atoms with Crippen LogP contribution in [-0.4, -0.2) is 47.3 Å². The van der Waals surface area contributed by atoms with E-state index in [1.807, 2.05) is 0 Å². The van der Waals surface area contributed by atoms with Gasteiger partial charge in [-0.2, -0.15) is 0 Å². The predicted molar refractivity (Wildman–Crippen MR) is 127 cm³/mol. The van der Waals surface area contributed by atoms with Crippen molar-refractivity contribution in [3.63, 3.8) is 0 Å². The maximum Gasteiger partial charge on any atom is 0.306 e. The molecule has 7 nitrogen and oxygen atoms in total. The molecular formula is C24H29ClN2O5S. The van der Waals surface area contributed by atoms with E-state index in [0.29, 0.717) is 62.4 Å². The lowest BCUT2D eigenvalue weighted by Gasteiger charge is -2.26. The molecule has 1 heterocycles. The summed E-state index contributed by atoms with van der Waals surface area (Å²) in [6.45, 7) is 0.696. The van der Waals surface area contributed by atoms with Crippen LogP contribution in [0.4, 0.5) is 0 Å². The fourth-order valence-corrected chi connectivity index (χ4v) is 6.13. The molecule has 1 unspecified atom stereocenters. The summed E-state index contributed by atoms with van der Waals surface area (Å²) in [7, 11) is 0. The first-order chi connectivity index (χ1) is 15.9. The standard InChI is InChI=1S/C24H29ClN2O5S/c25-19-13-20(33-21(19)14-1-2-14)23(29)27-12-11-26-22(28)15-3-7-17(8-4-15)32-18-9-5-16(6-10-18)24(30)31/h3-4,7-8,14,16,18,20H,1-2,5-6,9-13H2,(H,26,28)(H,27,29)(H,30,31). The van der Waals surface area contributed by atoms with Crippen molar-refractivity contribution >= 4 is 41.1 Å². The molecule has 2 saturated carbocycles. The Bertz CT molecular complexity index is 923. The van der Waals surface area contributed by atoms with Crippen molar-refractivity contribution in [1.29, 1.82) is 0 Å². The summed E-state index contributed by atoms with van der Waals surface area (Å²) in [5.74, 6) is -0.0271. The van der Waals surface area contributed by atoms with Crippen LogP contribution >= 0.6 is 23.4 Å². The molecule has 0 radical (unpaired) electrons. The van der Waals surface area contributed by atoms with E-state index in [0.717, 1.165) is 5.03 Å². The molecule has 1 aromatic rings. The minimum absolute atomic E-state index is 0.00681. The van der Waals surface area contributed by atoms with Crippen LogP contribution in [0.25, 0.3) is 0 Å². The number of ether oxygens (including phenoxy) is 1. The van der Waals surface area contributed by atoms with Gasteiger partial charge in [-0.1, -0.05) is 11.6 Å². The van der Waals surface area contributed by atoms with E-state index >= 15 is 0 Å². The third-order valence-electron chi connectivity index (χ3n) is 6.29. The highest BCUT2D eigenvalue weighted by molar-refractivity contribution is 8.04. The Morgan fingerprint density at radius 3 is 2.30 bits per heavy atom. The summed E-state index contributed by atoms with van der Waals surface area (Å²) in [6, 6.07) is 6.92. The number of carboxylic acids is 1. The van der Waals surface area contributed by atoms with Gasteiger partial charge >= 0.3 is 5.97 Å². The average molecular weight is 493 g/mol. The molecule has 3 aliphatic rings. The van der Waals surface area contributed by atoms with Crippen molar-refractivity contribution in [1.82, 2.24) is 10.6 Å². The molecule has 1 aromatic carbocycles. The molecule has 2 fully saturated rings. The van der Waals surface area contributed by atoms with E-state index < -0.39 is 5.97 Å². The molecule has 33 heavy (non-hydrogen) atoms. The number of thioether (sulfide) groups is 1. The summed E-state index contributed by atoms with van der Waals surface area (Å²) in [4.78, 5) is 37.0. The molecule has 0 bridgehead atoms. The number of carbonyl (C=O) groups is 3. The molecule has 0 spiro atoms. The van der Waals surface area contributed by atoms with Crippen LogP contribution in [0.3, 0.4) is 0 Å². The first-order valence-electron chi connectivity index (χ1n) is 11.5. The minimum atomic E-state index is -0.732. The monoisotopic (exact) mass is 492 g/mol. The van der Waals surface area contributed by atoms with Crippen LogP contribution in [0.5, 0.6) is 5.75 Å². The first-order valence-corrected chi connectivity index (χ1v) is 12.8. The highest BCUT2D eigenvalue weighted by Gasteiger charge is 2.37. The number of hydrogen-bond donors (Lipinski definition) is 3. The van der Waals surface area contributed by atoms with Gasteiger partial charge in [0.1, 0.15) is 5.75 Å². The average Bonchev–Trinajstić information content (AvgIpc) is 3.58. The van der Waals surface area contributed by atoms with E-state index in [1.54, 1.807) is 36.0 Å². The smallest absolute Gasteiger partial charge is 0.306 e. The lowest BCUT2D eigenvalue weighted by atomic mass is 9.87. The number of hydrogen-bond acceptors (Lipinski definition) is 5. The largest absolute Gasteiger partial charge is 0.490 e. The van der Waals surface area contributed by atoms with Crippen LogP contribution in [0.1, 0.15) is 55.3 Å². The summed E-state index contributed by atoms with van der Waals surface area (Å²) >= 11 is 7.88. The number of nitrogens with one attached hydrogen (secondary N) is 2. The van der Waals surface area contributed by atoms with Gasteiger partial charge in [-0.15, -0.1) is 11.8 Å². The van der Waals surface area contributed by atoms with Gasteiger partial charge in [-0.05, 0) is 68.7 Å². The number of benzene rings is 1. The SMILES string of the molecule is O=C(NCCNC(=O)C1CC(Cl)=C(C2CC2)S1)c1ccc(OC2CCC(C(=O)O)CC2)cc1. The summed E-state index contributed by atoms with van der Waals surface area (Å²) in [5.41, 5.74) is 0.514. The van der Waals surface area contributed by atoms with Gasteiger partial charge < -0.3 is 20.5 Å². The Kier molecular flexibility index (Phi) is 7.86. The van der Waals surface area contributed by atoms with Crippen LogP contribution in [0, 0.1) is 11.8 Å². The first kappa shape index (κ1) is 24.0. The molecule has 2 aliphatic carbocycles. The van der Waals surface area contributed by atoms with Crippen molar-refractivity contribution in [3.8, 4) is 5.75 Å². The topological polar surface area (TPSA) is 105 Å². The number of allylic oxidation sites excluding steroid dienone is 2. The quantitative estimate of drug-likeness (QED) is 0.451. The summed E-state index contributed by atoms with van der Waals surface area (Å²) in [5, 5.41) is 15.4. The molecule has 2 amide bonds. The fourth-order valence-electron chi connectivity index (χ4n) is 4.21. The van der Waals surface area contributed by atoms with Crippen LogP contribution in [-0.2, 0) is 9.59 Å². The molecule has 9 heteroatoms. The zero-order valence-corrected chi connectivity index (χ0v) is 19.9. The van der Waals surface area contributed by atoms with Gasteiger partial charge in [0.15, 0.2) is 0 Å². The second kappa shape index (κ2) is 10.8. The van der Waals surface area contributed by atoms with E-state index in [4.69, 9.17) is 21.4 Å². The third kappa shape index (κ3) is 6.44. The maximum absolute atomic E-state index is 12.4.